The first kappa shape index (κ1) is 15.0. The monoisotopic (exact) mass is 283 g/mol. The van der Waals surface area contributed by atoms with Gasteiger partial charge in [-0.1, -0.05) is 51.1 Å². The van der Waals surface area contributed by atoms with Crippen LogP contribution in [0.2, 0.25) is 0 Å². The van der Waals surface area contributed by atoms with Crippen molar-refractivity contribution in [1.82, 2.24) is 4.98 Å². The minimum absolute atomic E-state index is 0.0417. The van der Waals surface area contributed by atoms with Crippen LogP contribution in [0.4, 0.5) is 11.5 Å². The lowest BCUT2D eigenvalue weighted by Crippen LogP contribution is -2.27. The largest absolute Gasteiger partial charge is 0.380 e. The summed E-state index contributed by atoms with van der Waals surface area (Å²) in [5.41, 5.74) is 1.71. The minimum Gasteiger partial charge on any atom is -0.380 e. The van der Waals surface area contributed by atoms with Gasteiger partial charge in [0.15, 0.2) is 0 Å². The van der Waals surface area contributed by atoms with Crippen molar-refractivity contribution in [2.75, 3.05) is 10.6 Å². The molecule has 110 valence electrons. The molecule has 1 amide bonds. The minimum atomic E-state index is -0.425. The summed E-state index contributed by atoms with van der Waals surface area (Å²) in [4.78, 5) is 16.1. The summed E-state index contributed by atoms with van der Waals surface area (Å²) in [7, 11) is 0. The smallest absolute Gasteiger partial charge is 0.230 e. The number of nitrogens with one attached hydrogen (secondary N) is 2. The van der Waals surface area contributed by atoms with Gasteiger partial charge in [-0.25, -0.2) is 4.98 Å². The van der Waals surface area contributed by atoms with E-state index in [9.17, 15) is 4.79 Å². The summed E-state index contributed by atoms with van der Waals surface area (Å²) in [6.07, 6.45) is 1.72. The van der Waals surface area contributed by atoms with Crippen LogP contribution in [0.5, 0.6) is 0 Å². The molecule has 0 saturated carbocycles. The Morgan fingerprint density at radius 1 is 1.10 bits per heavy atom. The molecule has 2 N–H and O–H groups in total. The van der Waals surface area contributed by atoms with Crippen molar-refractivity contribution in [2.24, 2.45) is 5.41 Å². The van der Waals surface area contributed by atoms with Crippen LogP contribution in [0.15, 0.2) is 48.7 Å². The summed E-state index contributed by atoms with van der Waals surface area (Å²) in [5, 5.41) is 6.10. The van der Waals surface area contributed by atoms with E-state index in [-0.39, 0.29) is 5.91 Å². The molecule has 1 heterocycles. The number of anilines is 2. The predicted molar refractivity (Wildman–Crippen MR) is 86.1 cm³/mol. The molecule has 2 rings (SSSR count). The summed E-state index contributed by atoms with van der Waals surface area (Å²) >= 11 is 0. The number of carbonyl (C=O) groups excluding carboxylic acids is 1. The molecule has 0 aliphatic heterocycles. The van der Waals surface area contributed by atoms with Crippen molar-refractivity contribution >= 4 is 17.4 Å². The molecule has 4 nitrogen and oxygen atoms in total. The molecule has 0 fully saturated rings. The first-order chi connectivity index (χ1) is 9.95. The molecule has 0 aliphatic rings. The Morgan fingerprint density at radius 3 is 2.38 bits per heavy atom. The maximum absolute atomic E-state index is 11.9. The zero-order valence-electron chi connectivity index (χ0n) is 12.7. The number of aromatic nitrogens is 1. The van der Waals surface area contributed by atoms with Crippen molar-refractivity contribution < 1.29 is 4.79 Å². The molecule has 4 heteroatoms. The van der Waals surface area contributed by atoms with Gasteiger partial charge in [-0.05, 0) is 17.7 Å². The second-order valence-corrected chi connectivity index (χ2v) is 5.98. The van der Waals surface area contributed by atoms with E-state index in [2.05, 4.69) is 27.8 Å². The topological polar surface area (TPSA) is 54.0 Å². The molecule has 21 heavy (non-hydrogen) atoms. The maximum atomic E-state index is 11.9. The predicted octanol–water partition coefficient (Wildman–Crippen LogP) is 3.68. The Bertz CT molecular complexity index is 586. The van der Waals surface area contributed by atoms with Crippen molar-refractivity contribution in [3.63, 3.8) is 0 Å². The normalized spacial score (nSPS) is 11.0. The average Bonchev–Trinajstić information content (AvgIpc) is 2.46. The zero-order chi connectivity index (χ0) is 15.3. The van der Waals surface area contributed by atoms with Crippen LogP contribution in [0, 0.1) is 5.41 Å². The van der Waals surface area contributed by atoms with Crippen LogP contribution in [0.3, 0.4) is 0 Å². The molecular weight excluding hydrogens is 262 g/mol. The fourth-order valence-electron chi connectivity index (χ4n) is 1.68. The number of benzene rings is 1. The molecular formula is C17H21N3O. The van der Waals surface area contributed by atoms with E-state index in [1.54, 1.807) is 12.3 Å². The lowest BCUT2D eigenvalue weighted by Gasteiger charge is -2.17. The van der Waals surface area contributed by atoms with Gasteiger partial charge in [-0.3, -0.25) is 4.79 Å². The Morgan fingerprint density at radius 2 is 1.81 bits per heavy atom. The highest BCUT2D eigenvalue weighted by atomic mass is 16.2. The number of rotatable bonds is 4. The molecule has 0 aliphatic carbocycles. The van der Waals surface area contributed by atoms with Gasteiger partial charge in [0.05, 0.1) is 11.9 Å². The molecule has 1 aromatic carbocycles. The highest BCUT2D eigenvalue weighted by Crippen LogP contribution is 2.17. The standard InChI is InChI=1S/C17H21N3O/c1-17(2,3)16(21)20-15-10-9-14(12-19-15)18-11-13-7-5-4-6-8-13/h4-10,12,18H,11H2,1-3H3,(H,19,20,21). The Labute approximate surface area is 125 Å². The molecule has 1 aromatic heterocycles. The van der Waals surface area contributed by atoms with Crippen LogP contribution in [0.25, 0.3) is 0 Å². The third kappa shape index (κ3) is 4.60. The highest BCUT2D eigenvalue weighted by Gasteiger charge is 2.21. The van der Waals surface area contributed by atoms with Crippen molar-refractivity contribution in [3.05, 3.63) is 54.2 Å². The van der Waals surface area contributed by atoms with Gasteiger partial charge in [-0.15, -0.1) is 0 Å². The van der Waals surface area contributed by atoms with E-state index in [1.807, 2.05) is 45.0 Å². The quantitative estimate of drug-likeness (QED) is 0.900. The van der Waals surface area contributed by atoms with Crippen molar-refractivity contribution in [2.45, 2.75) is 27.3 Å². The van der Waals surface area contributed by atoms with E-state index in [1.165, 1.54) is 5.56 Å². The summed E-state index contributed by atoms with van der Waals surface area (Å²) in [6.45, 7) is 6.37. The third-order valence-electron chi connectivity index (χ3n) is 3.03. The van der Waals surface area contributed by atoms with Crippen LogP contribution in [0.1, 0.15) is 26.3 Å². The summed E-state index contributed by atoms with van der Waals surface area (Å²) in [5.74, 6) is 0.528. The fourth-order valence-corrected chi connectivity index (χ4v) is 1.68. The lowest BCUT2D eigenvalue weighted by molar-refractivity contribution is -0.123. The van der Waals surface area contributed by atoms with Gasteiger partial charge in [0.1, 0.15) is 5.82 Å². The first-order valence-corrected chi connectivity index (χ1v) is 7.00. The number of pyridine rings is 1. The van der Waals surface area contributed by atoms with Crippen LogP contribution >= 0.6 is 0 Å². The lowest BCUT2D eigenvalue weighted by atomic mass is 9.96. The maximum Gasteiger partial charge on any atom is 0.230 e. The summed E-state index contributed by atoms with van der Waals surface area (Å²) in [6, 6.07) is 13.9. The number of hydrogen-bond donors (Lipinski definition) is 2. The van der Waals surface area contributed by atoms with E-state index >= 15 is 0 Å². The van der Waals surface area contributed by atoms with Gasteiger partial charge < -0.3 is 10.6 Å². The average molecular weight is 283 g/mol. The van der Waals surface area contributed by atoms with E-state index in [0.29, 0.717) is 5.82 Å². The molecule has 0 spiro atoms. The van der Waals surface area contributed by atoms with E-state index < -0.39 is 5.41 Å². The van der Waals surface area contributed by atoms with E-state index in [0.717, 1.165) is 12.2 Å². The van der Waals surface area contributed by atoms with E-state index in [4.69, 9.17) is 0 Å². The molecule has 0 radical (unpaired) electrons. The molecule has 2 aromatic rings. The van der Waals surface area contributed by atoms with Gasteiger partial charge in [-0.2, -0.15) is 0 Å². The highest BCUT2D eigenvalue weighted by molar-refractivity contribution is 5.93. The number of nitrogens with zero attached hydrogens (tertiary/aromatic N) is 1. The second kappa shape index (κ2) is 6.39. The fraction of sp³-hybridized carbons (Fsp3) is 0.294. The zero-order valence-corrected chi connectivity index (χ0v) is 12.7. The number of hydrogen-bond acceptors (Lipinski definition) is 3. The van der Waals surface area contributed by atoms with Crippen LogP contribution in [-0.2, 0) is 11.3 Å². The van der Waals surface area contributed by atoms with Gasteiger partial charge in [0.2, 0.25) is 5.91 Å². The molecule has 0 unspecified atom stereocenters. The third-order valence-corrected chi connectivity index (χ3v) is 3.03. The molecule has 0 bridgehead atoms. The number of carbonyl (C=O) groups is 1. The van der Waals surface area contributed by atoms with Gasteiger partial charge in [0.25, 0.3) is 0 Å². The summed E-state index contributed by atoms with van der Waals surface area (Å²) < 4.78 is 0. The second-order valence-electron chi connectivity index (χ2n) is 5.98. The van der Waals surface area contributed by atoms with Crippen LogP contribution < -0.4 is 10.6 Å². The Hall–Kier alpha value is -2.36. The van der Waals surface area contributed by atoms with Crippen molar-refractivity contribution in [3.8, 4) is 0 Å². The SMILES string of the molecule is CC(C)(C)C(=O)Nc1ccc(NCc2ccccc2)cn1. The Balaban J connectivity index is 1.92. The molecule has 0 atom stereocenters. The number of amides is 1. The first-order valence-electron chi connectivity index (χ1n) is 7.00. The Kier molecular flexibility index (Phi) is 4.58. The van der Waals surface area contributed by atoms with Crippen molar-refractivity contribution in [1.29, 1.82) is 0 Å². The van der Waals surface area contributed by atoms with Crippen LogP contribution in [-0.4, -0.2) is 10.9 Å². The van der Waals surface area contributed by atoms with Gasteiger partial charge in [0, 0.05) is 12.0 Å². The van der Waals surface area contributed by atoms with Gasteiger partial charge >= 0.3 is 0 Å². The molecule has 0 saturated heterocycles.